The molecule has 0 amide bonds. The molecule has 0 bridgehead atoms. The van der Waals surface area contributed by atoms with Gasteiger partial charge < -0.3 is 0 Å². The molecular weight excluding hydrogens is 531 g/mol. The summed E-state index contributed by atoms with van der Waals surface area (Å²) in [4.78, 5) is 2.70. The van der Waals surface area contributed by atoms with Gasteiger partial charge in [-0.1, -0.05) is 109 Å². The molecule has 0 unspecified atom stereocenters. The van der Waals surface area contributed by atoms with Crippen molar-refractivity contribution in [3.8, 4) is 0 Å². The zero-order valence-electron chi connectivity index (χ0n) is 25.4. The lowest BCUT2D eigenvalue weighted by molar-refractivity contribution is 0.247. The van der Waals surface area contributed by atoms with Crippen LogP contribution >= 0.6 is 0 Å². The smallest absolute Gasteiger partial charge is 0.261 e. The van der Waals surface area contributed by atoms with Crippen molar-refractivity contribution in [2.24, 2.45) is 5.92 Å². The zero-order valence-corrected chi connectivity index (χ0v) is 26.3. The predicted octanol–water partition coefficient (Wildman–Crippen LogP) is 9.42. The molecule has 1 N–H and O–H groups in total. The summed E-state index contributed by atoms with van der Waals surface area (Å²) in [5, 5.41) is 0. The van der Waals surface area contributed by atoms with E-state index in [1.807, 2.05) is 12.1 Å². The molecule has 6 heteroatoms. The number of hydrogen-bond acceptors (Lipinski definition) is 3. The van der Waals surface area contributed by atoms with Gasteiger partial charge in [0.25, 0.3) is 10.0 Å². The predicted molar refractivity (Wildman–Crippen MR) is 169 cm³/mol. The molecule has 0 aromatic heterocycles. The summed E-state index contributed by atoms with van der Waals surface area (Å²) in [7, 11) is -3.86. The second kappa shape index (κ2) is 16.6. The van der Waals surface area contributed by atoms with E-state index in [9.17, 15) is 12.8 Å². The van der Waals surface area contributed by atoms with Crippen molar-refractivity contribution >= 4 is 15.7 Å². The molecule has 0 atom stereocenters. The van der Waals surface area contributed by atoms with Crippen molar-refractivity contribution in [1.82, 2.24) is 4.90 Å². The Morgan fingerprint density at radius 3 is 2.27 bits per heavy atom. The molecule has 0 saturated heterocycles. The summed E-state index contributed by atoms with van der Waals surface area (Å²) in [6.07, 6.45) is 22.7. The molecule has 0 radical (unpaired) electrons. The number of nitrogens with one attached hydrogen (secondary N) is 1. The summed E-state index contributed by atoms with van der Waals surface area (Å²) in [5.74, 6) is 0.322. The molecule has 2 aromatic rings. The van der Waals surface area contributed by atoms with E-state index in [1.54, 1.807) is 18.2 Å². The number of halogens is 1. The van der Waals surface area contributed by atoms with Gasteiger partial charge in [0, 0.05) is 13.1 Å². The highest BCUT2D eigenvalue weighted by atomic mass is 32.2. The second-order valence-electron chi connectivity index (χ2n) is 12.6. The van der Waals surface area contributed by atoms with E-state index < -0.39 is 15.8 Å². The third-order valence-corrected chi connectivity index (χ3v) is 10.6. The monoisotopic (exact) mass is 584 g/mol. The van der Waals surface area contributed by atoms with Crippen molar-refractivity contribution in [3.05, 3.63) is 58.9 Å². The Morgan fingerprint density at radius 2 is 1.56 bits per heavy atom. The van der Waals surface area contributed by atoms with Crippen molar-refractivity contribution < 1.29 is 12.8 Å². The third kappa shape index (κ3) is 10.4. The van der Waals surface area contributed by atoms with Gasteiger partial charge in [-0.05, 0) is 79.1 Å². The van der Waals surface area contributed by atoms with E-state index in [4.69, 9.17) is 0 Å². The van der Waals surface area contributed by atoms with E-state index in [0.717, 1.165) is 55.9 Å². The first-order chi connectivity index (χ1) is 19.9. The Balaban J connectivity index is 1.20. The minimum absolute atomic E-state index is 0.0185. The number of aryl methyl sites for hydroxylation is 1. The molecule has 2 aliphatic rings. The lowest BCUT2D eigenvalue weighted by atomic mass is 9.98. The van der Waals surface area contributed by atoms with Crippen LogP contribution in [0.5, 0.6) is 0 Å². The van der Waals surface area contributed by atoms with Crippen molar-refractivity contribution in [1.29, 1.82) is 0 Å². The SMILES string of the molecule is CCCCCCCCCCCCN1CCc2cc(S(=O)(=O)Nc3ccc(CCCC4CCCC4)cc3F)ccc2C1. The van der Waals surface area contributed by atoms with Gasteiger partial charge in [0.2, 0.25) is 0 Å². The van der Waals surface area contributed by atoms with Crippen LogP contribution in [0.1, 0.15) is 126 Å². The van der Waals surface area contributed by atoms with Gasteiger partial charge in [0.05, 0.1) is 10.6 Å². The summed E-state index contributed by atoms with van der Waals surface area (Å²) in [6.45, 7) is 5.20. The van der Waals surface area contributed by atoms with Gasteiger partial charge in [-0.15, -0.1) is 0 Å². The fourth-order valence-corrected chi connectivity index (χ4v) is 7.78. The van der Waals surface area contributed by atoms with E-state index in [0.29, 0.717) is 0 Å². The second-order valence-corrected chi connectivity index (χ2v) is 14.3. The average molecular weight is 585 g/mol. The molecule has 4 rings (SSSR count). The summed E-state index contributed by atoms with van der Waals surface area (Å²) in [6, 6.07) is 10.3. The molecule has 1 fully saturated rings. The molecule has 41 heavy (non-hydrogen) atoms. The maximum Gasteiger partial charge on any atom is 0.261 e. The van der Waals surface area contributed by atoms with Gasteiger partial charge in [-0.3, -0.25) is 9.62 Å². The van der Waals surface area contributed by atoms with Gasteiger partial charge in [0.1, 0.15) is 5.82 Å². The molecule has 1 saturated carbocycles. The number of rotatable bonds is 18. The zero-order chi connectivity index (χ0) is 28.9. The molecule has 1 heterocycles. The lowest BCUT2D eigenvalue weighted by Crippen LogP contribution is -2.31. The quantitative estimate of drug-likeness (QED) is 0.178. The number of sulfonamides is 1. The standard InChI is InChI=1S/C35H53FN2O2S/c1-2-3-4-5-6-7-8-9-10-13-24-38-25-23-31-27-33(21-20-32(31)28-38)41(39,40)37-35-22-19-30(26-34(35)36)18-14-17-29-15-11-12-16-29/h19-22,26-27,29,37H,2-18,23-25,28H2,1H3. The van der Waals surface area contributed by atoms with E-state index in [2.05, 4.69) is 16.5 Å². The van der Waals surface area contributed by atoms with E-state index >= 15 is 0 Å². The van der Waals surface area contributed by atoms with Crippen LogP contribution in [-0.4, -0.2) is 26.4 Å². The first-order valence-corrected chi connectivity index (χ1v) is 18.1. The number of nitrogens with zero attached hydrogens (tertiary/aromatic N) is 1. The number of fused-ring (bicyclic) bond motifs is 1. The van der Waals surface area contributed by atoms with E-state index in [-0.39, 0.29) is 10.6 Å². The third-order valence-electron chi connectivity index (χ3n) is 9.24. The molecule has 2 aromatic carbocycles. The number of anilines is 1. The Labute approximate surface area is 249 Å². The molecular formula is C35H53FN2O2S. The van der Waals surface area contributed by atoms with Crippen LogP contribution in [0.25, 0.3) is 0 Å². The topological polar surface area (TPSA) is 49.4 Å². The molecule has 4 nitrogen and oxygen atoms in total. The first kappa shape index (κ1) is 32.0. The fraction of sp³-hybridized carbons (Fsp3) is 0.657. The van der Waals surface area contributed by atoms with Gasteiger partial charge in [-0.25, -0.2) is 12.8 Å². The van der Waals surface area contributed by atoms with Gasteiger partial charge >= 0.3 is 0 Å². The summed E-state index contributed by atoms with van der Waals surface area (Å²) >= 11 is 0. The highest BCUT2D eigenvalue weighted by molar-refractivity contribution is 7.92. The van der Waals surface area contributed by atoms with Crippen LogP contribution in [-0.2, 0) is 29.4 Å². The van der Waals surface area contributed by atoms with Crippen molar-refractivity contribution in [2.45, 2.75) is 134 Å². The van der Waals surface area contributed by atoms with Crippen molar-refractivity contribution in [3.63, 3.8) is 0 Å². The van der Waals surface area contributed by atoms with Crippen molar-refractivity contribution in [2.75, 3.05) is 17.8 Å². The van der Waals surface area contributed by atoms with Crippen LogP contribution < -0.4 is 4.72 Å². The van der Waals surface area contributed by atoms with Crippen LogP contribution in [0.15, 0.2) is 41.3 Å². The molecule has 228 valence electrons. The van der Waals surface area contributed by atoms with Crippen LogP contribution in [0.4, 0.5) is 10.1 Å². The number of hydrogen-bond donors (Lipinski definition) is 1. The summed E-state index contributed by atoms with van der Waals surface area (Å²) < 4.78 is 43.6. The normalized spacial score (nSPS) is 16.2. The highest BCUT2D eigenvalue weighted by Crippen LogP contribution is 2.30. The maximum atomic E-state index is 14.9. The largest absolute Gasteiger partial charge is 0.299 e. The Bertz CT molecular complexity index is 1180. The Hall–Kier alpha value is -1.92. The highest BCUT2D eigenvalue weighted by Gasteiger charge is 2.22. The van der Waals surface area contributed by atoms with E-state index in [1.165, 1.54) is 108 Å². The van der Waals surface area contributed by atoms with Crippen LogP contribution in [0.2, 0.25) is 0 Å². The average Bonchev–Trinajstić information content (AvgIpc) is 3.49. The first-order valence-electron chi connectivity index (χ1n) is 16.6. The lowest BCUT2D eigenvalue weighted by Gasteiger charge is -2.29. The summed E-state index contributed by atoms with van der Waals surface area (Å²) in [5.41, 5.74) is 3.24. The van der Waals surface area contributed by atoms with Gasteiger partial charge in [-0.2, -0.15) is 0 Å². The number of unbranched alkanes of at least 4 members (excludes halogenated alkanes) is 9. The van der Waals surface area contributed by atoms with Crippen LogP contribution in [0.3, 0.4) is 0 Å². The fourth-order valence-electron chi connectivity index (χ4n) is 6.66. The molecule has 1 aliphatic heterocycles. The maximum absolute atomic E-state index is 14.9. The minimum atomic E-state index is -3.86. The molecule has 0 spiro atoms. The minimum Gasteiger partial charge on any atom is -0.299 e. The Kier molecular flexibility index (Phi) is 13.0. The van der Waals surface area contributed by atoms with Crippen LogP contribution in [0, 0.1) is 11.7 Å². The Morgan fingerprint density at radius 1 is 0.854 bits per heavy atom. The van der Waals surface area contributed by atoms with Gasteiger partial charge in [0.15, 0.2) is 0 Å². The molecule has 1 aliphatic carbocycles. The number of benzene rings is 2.